The number of halogens is 1. The van der Waals surface area contributed by atoms with Crippen molar-refractivity contribution < 1.29 is 27.4 Å². The van der Waals surface area contributed by atoms with E-state index in [-0.39, 0.29) is 5.75 Å². The maximum Gasteiger partial charge on any atom is 0.349 e. The normalized spacial score (nSPS) is 16.9. The van der Waals surface area contributed by atoms with Gasteiger partial charge >= 0.3 is 11.2 Å². The van der Waals surface area contributed by atoms with E-state index in [2.05, 4.69) is 4.99 Å². The lowest BCUT2D eigenvalue weighted by molar-refractivity contribution is -0.131. The third-order valence-electron chi connectivity index (χ3n) is 2.04. The molecule has 94 valence electrons. The van der Waals surface area contributed by atoms with Gasteiger partial charge in [0.2, 0.25) is 0 Å². The Morgan fingerprint density at radius 2 is 1.89 bits per heavy atom. The predicted octanol–water partition coefficient (Wildman–Crippen LogP) is 0.915. The maximum atomic E-state index is 12.6. The second-order valence-corrected chi connectivity index (χ2v) is 5.05. The monoisotopic (exact) mass is 271 g/mol. The van der Waals surface area contributed by atoms with E-state index in [0.29, 0.717) is 6.20 Å². The van der Waals surface area contributed by atoms with Crippen molar-refractivity contribution in [3.63, 3.8) is 0 Å². The molecular formula is C10H6FNO5S. The second kappa shape index (κ2) is 4.22. The van der Waals surface area contributed by atoms with Crippen molar-refractivity contribution in [3.05, 3.63) is 41.2 Å². The van der Waals surface area contributed by atoms with Gasteiger partial charge in [0.15, 0.2) is 4.91 Å². The van der Waals surface area contributed by atoms with Crippen LogP contribution in [0, 0.1) is 5.82 Å². The first-order valence-corrected chi connectivity index (χ1v) is 6.09. The standard InChI is InChI=1S/C10H6FNO5S/c11-6-1-3-7(4-2-6)17-10-12-5-8(9(13)14)18(10,15)16/h1-5H,(H,13,14). The largest absolute Gasteiger partial charge is 0.477 e. The van der Waals surface area contributed by atoms with E-state index in [9.17, 15) is 17.6 Å². The molecule has 0 amide bonds. The molecule has 1 aliphatic heterocycles. The Balaban J connectivity index is 2.24. The molecule has 1 heterocycles. The fraction of sp³-hybridized carbons (Fsp3) is 0. The molecule has 0 saturated heterocycles. The van der Waals surface area contributed by atoms with Gasteiger partial charge < -0.3 is 9.84 Å². The Morgan fingerprint density at radius 1 is 1.28 bits per heavy atom. The van der Waals surface area contributed by atoms with Crippen LogP contribution in [0.15, 0.2) is 40.4 Å². The average molecular weight is 271 g/mol. The minimum absolute atomic E-state index is 0.0405. The zero-order valence-electron chi connectivity index (χ0n) is 8.70. The van der Waals surface area contributed by atoms with Crippen molar-refractivity contribution >= 4 is 21.0 Å². The van der Waals surface area contributed by atoms with Crippen molar-refractivity contribution in [2.75, 3.05) is 0 Å². The number of hydrogen-bond acceptors (Lipinski definition) is 5. The second-order valence-electron chi connectivity index (χ2n) is 3.25. The number of nitrogens with zero attached hydrogens (tertiary/aromatic N) is 1. The Bertz CT molecular complexity index is 660. The Labute approximate surface area is 101 Å². The van der Waals surface area contributed by atoms with Crippen LogP contribution in [-0.4, -0.2) is 24.7 Å². The molecule has 18 heavy (non-hydrogen) atoms. The lowest BCUT2D eigenvalue weighted by atomic mass is 10.3. The topological polar surface area (TPSA) is 93.0 Å². The van der Waals surface area contributed by atoms with Crippen molar-refractivity contribution in [1.82, 2.24) is 0 Å². The third-order valence-corrected chi connectivity index (χ3v) is 3.54. The van der Waals surface area contributed by atoms with Crippen molar-refractivity contribution in [2.24, 2.45) is 4.99 Å². The van der Waals surface area contributed by atoms with E-state index < -0.39 is 31.8 Å². The molecule has 8 heteroatoms. The van der Waals surface area contributed by atoms with Crippen molar-refractivity contribution in [2.45, 2.75) is 0 Å². The number of carboxylic acid groups (broad SMARTS) is 1. The summed E-state index contributed by atoms with van der Waals surface area (Å²) in [5, 5.41) is 7.90. The van der Waals surface area contributed by atoms with Crippen LogP contribution < -0.4 is 4.74 Å². The molecule has 0 fully saturated rings. The third kappa shape index (κ3) is 2.09. The molecule has 1 N–H and O–H groups in total. The van der Waals surface area contributed by atoms with Gasteiger partial charge in [0.25, 0.3) is 9.84 Å². The average Bonchev–Trinajstić information content (AvgIpc) is 2.58. The number of sulfone groups is 1. The first-order valence-electron chi connectivity index (χ1n) is 4.61. The highest BCUT2D eigenvalue weighted by Gasteiger charge is 2.36. The van der Waals surface area contributed by atoms with Gasteiger partial charge in [-0.1, -0.05) is 0 Å². The molecule has 0 atom stereocenters. The molecule has 0 bridgehead atoms. The number of aliphatic imine (C=N–C) groups is 1. The molecule has 1 aliphatic rings. The van der Waals surface area contributed by atoms with Crippen LogP contribution in [-0.2, 0) is 14.6 Å². The molecule has 0 aromatic heterocycles. The van der Waals surface area contributed by atoms with Gasteiger partial charge in [-0.3, -0.25) is 0 Å². The lowest BCUT2D eigenvalue weighted by Crippen LogP contribution is -2.22. The summed E-state index contributed by atoms with van der Waals surface area (Å²) < 4.78 is 40.8. The number of hydrogen-bond donors (Lipinski definition) is 1. The Hall–Kier alpha value is -2.22. The summed E-state index contributed by atoms with van der Waals surface area (Å²) in [4.78, 5) is 13.2. The number of aliphatic carboxylic acids is 1. The molecule has 0 saturated carbocycles. The van der Waals surface area contributed by atoms with E-state index in [1.54, 1.807) is 0 Å². The Morgan fingerprint density at radius 3 is 2.39 bits per heavy atom. The summed E-state index contributed by atoms with van der Waals surface area (Å²) >= 11 is 0. The molecule has 6 nitrogen and oxygen atoms in total. The summed E-state index contributed by atoms with van der Waals surface area (Å²) in [6.07, 6.45) is 0.691. The van der Waals surface area contributed by atoms with Crippen molar-refractivity contribution in [3.8, 4) is 5.75 Å². The van der Waals surface area contributed by atoms with Crippen LogP contribution in [0.4, 0.5) is 4.39 Å². The van der Waals surface area contributed by atoms with Crippen LogP contribution >= 0.6 is 0 Å². The van der Waals surface area contributed by atoms with Crippen LogP contribution in [0.5, 0.6) is 5.75 Å². The smallest absolute Gasteiger partial charge is 0.349 e. The van der Waals surface area contributed by atoms with Gasteiger partial charge in [-0.2, -0.15) is 0 Å². The quantitative estimate of drug-likeness (QED) is 0.863. The zero-order valence-corrected chi connectivity index (χ0v) is 9.52. The summed E-state index contributed by atoms with van der Waals surface area (Å²) in [6.45, 7) is 0. The number of carbonyl (C=O) groups is 1. The molecule has 1 aromatic rings. The number of rotatable bonds is 2. The number of benzene rings is 1. The summed E-state index contributed by atoms with van der Waals surface area (Å²) in [7, 11) is -4.24. The summed E-state index contributed by atoms with van der Waals surface area (Å²) in [5.74, 6) is -2.09. The molecular weight excluding hydrogens is 265 g/mol. The van der Waals surface area contributed by atoms with Gasteiger partial charge in [0.1, 0.15) is 11.6 Å². The Kier molecular flexibility index (Phi) is 2.87. The van der Waals surface area contributed by atoms with Crippen LogP contribution in [0.3, 0.4) is 0 Å². The fourth-order valence-electron chi connectivity index (χ4n) is 1.20. The van der Waals surface area contributed by atoms with Crippen LogP contribution in [0.25, 0.3) is 0 Å². The molecule has 0 aliphatic carbocycles. The van der Waals surface area contributed by atoms with E-state index in [1.165, 1.54) is 12.1 Å². The lowest BCUT2D eigenvalue weighted by Gasteiger charge is -2.05. The van der Waals surface area contributed by atoms with Gasteiger partial charge in [-0.25, -0.2) is 22.6 Å². The zero-order chi connectivity index (χ0) is 13.3. The van der Waals surface area contributed by atoms with Crippen LogP contribution in [0.2, 0.25) is 0 Å². The highest BCUT2D eigenvalue weighted by molar-refractivity contribution is 8.10. The number of ether oxygens (including phenoxy) is 1. The molecule has 2 rings (SSSR count). The molecule has 0 radical (unpaired) electrons. The number of carboxylic acids is 1. The highest BCUT2D eigenvalue weighted by Crippen LogP contribution is 2.21. The summed E-state index contributed by atoms with van der Waals surface area (Å²) in [5.41, 5.74) is 0. The van der Waals surface area contributed by atoms with Crippen LogP contribution in [0.1, 0.15) is 0 Å². The SMILES string of the molecule is O=C(O)C1=CN=C(Oc2ccc(F)cc2)S1(=O)=O. The maximum absolute atomic E-state index is 12.6. The van der Waals surface area contributed by atoms with E-state index in [1.807, 2.05) is 0 Å². The van der Waals surface area contributed by atoms with E-state index >= 15 is 0 Å². The van der Waals surface area contributed by atoms with E-state index in [0.717, 1.165) is 12.1 Å². The van der Waals surface area contributed by atoms with Gasteiger partial charge in [0.05, 0.1) is 6.20 Å². The first-order chi connectivity index (χ1) is 8.41. The fourth-order valence-corrected chi connectivity index (χ4v) is 2.21. The minimum Gasteiger partial charge on any atom is -0.477 e. The van der Waals surface area contributed by atoms with Crippen molar-refractivity contribution in [1.29, 1.82) is 0 Å². The molecule has 1 aromatic carbocycles. The molecule has 0 spiro atoms. The van der Waals surface area contributed by atoms with E-state index in [4.69, 9.17) is 9.84 Å². The van der Waals surface area contributed by atoms with Gasteiger partial charge in [-0.05, 0) is 24.3 Å². The first kappa shape index (κ1) is 12.2. The van der Waals surface area contributed by atoms with Gasteiger partial charge in [-0.15, -0.1) is 0 Å². The molecule has 0 unspecified atom stereocenters. The predicted molar refractivity (Wildman–Crippen MR) is 59.1 cm³/mol. The van der Waals surface area contributed by atoms with Gasteiger partial charge in [0, 0.05) is 0 Å². The minimum atomic E-state index is -4.24. The highest BCUT2D eigenvalue weighted by atomic mass is 32.2. The summed E-state index contributed by atoms with van der Waals surface area (Å²) in [6, 6.07) is 4.55.